The molecule has 3 aromatic carbocycles. The van der Waals surface area contributed by atoms with Crippen LogP contribution in [0.3, 0.4) is 0 Å². The van der Waals surface area contributed by atoms with Crippen LogP contribution in [0.25, 0.3) is 0 Å². The van der Waals surface area contributed by atoms with Gasteiger partial charge in [0.25, 0.3) is 0 Å². The summed E-state index contributed by atoms with van der Waals surface area (Å²) in [5.41, 5.74) is -1.45. The molecular formula is C32H31Cl2F2N3O5. The van der Waals surface area contributed by atoms with E-state index in [0.717, 1.165) is 0 Å². The van der Waals surface area contributed by atoms with Crippen molar-refractivity contribution in [1.29, 1.82) is 0 Å². The van der Waals surface area contributed by atoms with Crippen molar-refractivity contribution in [2.24, 2.45) is 5.41 Å². The minimum Gasteiger partial charge on any atom is -0.495 e. The Hall–Kier alpha value is -3.73. The number of halogens is 4. The molecule has 0 bridgehead atoms. The summed E-state index contributed by atoms with van der Waals surface area (Å²) < 4.78 is 41.5. The maximum atomic E-state index is 16.0. The largest absolute Gasteiger partial charge is 0.495 e. The first-order chi connectivity index (χ1) is 20.7. The molecule has 2 amide bonds. The van der Waals surface area contributed by atoms with Crippen LogP contribution in [0.15, 0.2) is 48.5 Å². The number of ether oxygens (including phenoxy) is 2. The average molecular weight is 647 g/mol. The van der Waals surface area contributed by atoms with E-state index >= 15 is 8.78 Å². The molecule has 3 aromatic rings. The zero-order valence-corrected chi connectivity index (χ0v) is 26.1. The second-order valence-corrected chi connectivity index (χ2v) is 12.9. The highest BCUT2D eigenvalue weighted by Crippen LogP contribution is 2.58. The maximum Gasteiger partial charge on any atom is 0.337 e. The van der Waals surface area contributed by atoms with Gasteiger partial charge in [0.05, 0.1) is 47.2 Å². The molecule has 1 unspecified atom stereocenters. The third-order valence-corrected chi connectivity index (χ3v) is 8.79. The van der Waals surface area contributed by atoms with E-state index in [0.29, 0.717) is 6.42 Å². The van der Waals surface area contributed by atoms with Crippen LogP contribution in [0.2, 0.25) is 10.0 Å². The van der Waals surface area contributed by atoms with Crippen molar-refractivity contribution in [3.63, 3.8) is 0 Å². The number of hydrogen-bond donors (Lipinski definition) is 3. The number of hydrogen-bond acceptors (Lipinski definition) is 6. The predicted octanol–water partition coefficient (Wildman–Crippen LogP) is 6.46. The molecule has 2 aliphatic heterocycles. The number of carbonyl (C=O) groups excluding carboxylic acids is 3. The summed E-state index contributed by atoms with van der Waals surface area (Å²) in [6.45, 7) is 5.90. The lowest BCUT2D eigenvalue weighted by Gasteiger charge is -2.37. The molecule has 8 nitrogen and oxygen atoms in total. The molecule has 12 heteroatoms. The topological polar surface area (TPSA) is 106 Å². The second kappa shape index (κ2) is 11.6. The number of carbonyl (C=O) groups is 3. The van der Waals surface area contributed by atoms with Gasteiger partial charge in [-0.2, -0.15) is 0 Å². The van der Waals surface area contributed by atoms with Crippen LogP contribution >= 0.6 is 23.2 Å². The van der Waals surface area contributed by atoms with Gasteiger partial charge in [0, 0.05) is 12.0 Å². The molecule has 232 valence electrons. The van der Waals surface area contributed by atoms with Crippen LogP contribution in [0.4, 0.5) is 20.2 Å². The lowest BCUT2D eigenvalue weighted by atomic mass is 9.62. The summed E-state index contributed by atoms with van der Waals surface area (Å²) >= 11 is 12.3. The maximum absolute atomic E-state index is 16.0. The highest BCUT2D eigenvalue weighted by molar-refractivity contribution is 6.31. The Morgan fingerprint density at radius 1 is 1.02 bits per heavy atom. The third kappa shape index (κ3) is 5.18. The Bertz CT molecular complexity index is 1680. The molecule has 0 aliphatic carbocycles. The van der Waals surface area contributed by atoms with Crippen LogP contribution in [-0.4, -0.2) is 44.1 Å². The van der Waals surface area contributed by atoms with E-state index < -0.39 is 52.8 Å². The molecule has 0 saturated carbocycles. The first-order valence-electron chi connectivity index (χ1n) is 13.8. The number of rotatable bonds is 6. The van der Waals surface area contributed by atoms with Crippen LogP contribution < -0.4 is 20.7 Å². The quantitative estimate of drug-likeness (QED) is 0.266. The van der Waals surface area contributed by atoms with E-state index in [9.17, 15) is 14.4 Å². The first kappa shape index (κ1) is 31.7. The van der Waals surface area contributed by atoms with Gasteiger partial charge in [-0.05, 0) is 53.3 Å². The average Bonchev–Trinajstić information content (AvgIpc) is 3.46. The van der Waals surface area contributed by atoms with Gasteiger partial charge in [-0.1, -0.05) is 62.2 Å². The van der Waals surface area contributed by atoms with Crippen molar-refractivity contribution in [3.05, 3.63) is 86.9 Å². The molecule has 2 aliphatic rings. The van der Waals surface area contributed by atoms with Crippen molar-refractivity contribution < 1.29 is 32.6 Å². The molecule has 0 aromatic heterocycles. The third-order valence-electron chi connectivity index (χ3n) is 8.21. The van der Waals surface area contributed by atoms with Crippen LogP contribution in [-0.2, 0) is 19.7 Å². The van der Waals surface area contributed by atoms with Gasteiger partial charge in [0.1, 0.15) is 17.0 Å². The fourth-order valence-electron chi connectivity index (χ4n) is 6.43. The molecule has 1 fully saturated rings. The van der Waals surface area contributed by atoms with Crippen molar-refractivity contribution in [2.45, 2.75) is 50.6 Å². The molecule has 2 heterocycles. The Balaban J connectivity index is 1.71. The van der Waals surface area contributed by atoms with Gasteiger partial charge in [-0.3, -0.25) is 9.59 Å². The SMILES string of the molecule is COC(=O)c1ccc(NC(=O)[C@@H]2N[C@H](CC(C)(C)C)[C@]3(C(=O)Nc4c3ccc(Cl)c4F)C2c2cccc(Cl)c2F)c(OC)c1. The lowest BCUT2D eigenvalue weighted by molar-refractivity contribution is -0.122. The summed E-state index contributed by atoms with van der Waals surface area (Å²) in [5.74, 6) is -4.45. The Morgan fingerprint density at radius 2 is 1.73 bits per heavy atom. The molecule has 1 saturated heterocycles. The van der Waals surface area contributed by atoms with Gasteiger partial charge < -0.3 is 25.4 Å². The smallest absolute Gasteiger partial charge is 0.337 e. The summed E-state index contributed by atoms with van der Waals surface area (Å²) in [7, 11) is 2.62. The second-order valence-electron chi connectivity index (χ2n) is 12.1. The van der Waals surface area contributed by atoms with E-state index in [-0.39, 0.29) is 49.3 Å². The number of benzene rings is 3. The standard InChI is InChI=1S/C32H31Cl2F2N3O5/c1-31(2,3)14-22-32(17-10-11-19(34)25(36)26(17)39-30(32)42)23(16-7-6-8-18(33)24(16)35)27(38-22)28(40)37-20-12-9-15(29(41)44-5)13-21(20)43-4/h6-13,22-23,27,38H,14H2,1-5H3,(H,37,40)(H,39,42)/t22-,23?,27-,32+/m1/s1. The molecular weight excluding hydrogens is 615 g/mol. The number of amides is 2. The van der Waals surface area contributed by atoms with Gasteiger partial charge >= 0.3 is 5.97 Å². The zero-order chi connectivity index (χ0) is 32.1. The normalized spacial score (nSPS) is 22.5. The van der Waals surface area contributed by atoms with Gasteiger partial charge in [-0.25, -0.2) is 13.6 Å². The van der Waals surface area contributed by atoms with Crippen molar-refractivity contribution in [1.82, 2.24) is 5.32 Å². The Labute approximate surface area is 263 Å². The fraction of sp³-hybridized carbons (Fsp3) is 0.344. The number of esters is 1. The molecule has 4 atom stereocenters. The Morgan fingerprint density at radius 3 is 2.39 bits per heavy atom. The zero-order valence-electron chi connectivity index (χ0n) is 24.6. The number of fused-ring (bicyclic) bond motifs is 2. The van der Waals surface area contributed by atoms with Crippen LogP contribution in [0.5, 0.6) is 5.75 Å². The summed E-state index contributed by atoms with van der Waals surface area (Å²) in [6.07, 6.45) is 0.351. The molecule has 3 N–H and O–H groups in total. The monoisotopic (exact) mass is 645 g/mol. The minimum atomic E-state index is -1.64. The first-order valence-corrected chi connectivity index (χ1v) is 14.6. The minimum absolute atomic E-state index is 0.00733. The Kier molecular flexibility index (Phi) is 8.39. The van der Waals surface area contributed by atoms with E-state index in [1.165, 1.54) is 56.7 Å². The summed E-state index contributed by atoms with van der Waals surface area (Å²) in [5, 5.41) is 8.39. The highest BCUT2D eigenvalue weighted by atomic mass is 35.5. The van der Waals surface area contributed by atoms with E-state index in [1.807, 2.05) is 20.8 Å². The summed E-state index contributed by atoms with van der Waals surface area (Å²) in [4.78, 5) is 40.5. The van der Waals surface area contributed by atoms with E-state index in [1.54, 1.807) is 6.07 Å². The van der Waals surface area contributed by atoms with Crippen LogP contribution in [0, 0.1) is 17.0 Å². The van der Waals surface area contributed by atoms with Crippen LogP contribution in [0.1, 0.15) is 54.6 Å². The van der Waals surface area contributed by atoms with Gasteiger partial charge in [-0.15, -0.1) is 0 Å². The molecule has 0 radical (unpaired) electrons. The number of nitrogens with one attached hydrogen (secondary N) is 3. The predicted molar refractivity (Wildman–Crippen MR) is 164 cm³/mol. The fourth-order valence-corrected chi connectivity index (χ4v) is 6.77. The van der Waals surface area contributed by atoms with Crippen molar-refractivity contribution in [2.75, 3.05) is 24.9 Å². The van der Waals surface area contributed by atoms with E-state index in [2.05, 4.69) is 16.0 Å². The summed E-state index contributed by atoms with van der Waals surface area (Å²) in [6, 6.07) is 9.63. The van der Waals surface area contributed by atoms with Crippen molar-refractivity contribution >= 4 is 52.4 Å². The van der Waals surface area contributed by atoms with Crippen molar-refractivity contribution in [3.8, 4) is 5.75 Å². The number of anilines is 2. The van der Waals surface area contributed by atoms with E-state index in [4.69, 9.17) is 32.7 Å². The lowest BCUT2D eigenvalue weighted by Crippen LogP contribution is -2.49. The van der Waals surface area contributed by atoms with Gasteiger partial charge in [0.15, 0.2) is 5.82 Å². The number of methoxy groups -OCH3 is 2. The highest BCUT2D eigenvalue weighted by Gasteiger charge is 2.66. The molecule has 44 heavy (non-hydrogen) atoms. The molecule has 5 rings (SSSR count). The molecule has 1 spiro atoms. The van der Waals surface area contributed by atoms with Gasteiger partial charge in [0.2, 0.25) is 11.8 Å².